The van der Waals surface area contributed by atoms with Gasteiger partial charge >= 0.3 is 0 Å². The Balaban J connectivity index is 0.00000220. The average molecular weight is 331 g/mol. The van der Waals surface area contributed by atoms with Crippen molar-refractivity contribution in [1.29, 1.82) is 0 Å². The molecule has 0 radical (unpaired) electrons. The van der Waals surface area contributed by atoms with Crippen LogP contribution in [0.1, 0.15) is 17.9 Å². The molecule has 1 aliphatic rings. The zero-order valence-corrected chi connectivity index (χ0v) is 13.9. The minimum absolute atomic E-state index is 0. The molecule has 0 fully saturated rings. The first-order valence-corrected chi connectivity index (χ1v) is 8.00. The van der Waals surface area contributed by atoms with E-state index in [0.717, 1.165) is 25.3 Å². The topological polar surface area (TPSA) is 50.4 Å². The summed E-state index contributed by atoms with van der Waals surface area (Å²) in [6.07, 6.45) is 0.921. The third-order valence-electron chi connectivity index (χ3n) is 3.36. The lowest BCUT2D eigenvalue weighted by Gasteiger charge is -2.24. The van der Waals surface area contributed by atoms with Gasteiger partial charge in [-0.15, -0.1) is 24.2 Å². The van der Waals surface area contributed by atoms with Crippen LogP contribution in [0.15, 0.2) is 29.2 Å². The monoisotopic (exact) mass is 330 g/mol. The van der Waals surface area contributed by atoms with E-state index < -0.39 is 0 Å². The molecule has 1 aromatic carbocycles. The minimum Gasteiger partial charge on any atom is -0.383 e. The lowest BCUT2D eigenvalue weighted by molar-refractivity contribution is -0.122. The van der Waals surface area contributed by atoms with Crippen molar-refractivity contribution in [2.24, 2.45) is 0 Å². The summed E-state index contributed by atoms with van der Waals surface area (Å²) in [6, 6.07) is 8.22. The zero-order chi connectivity index (χ0) is 14.2. The quantitative estimate of drug-likeness (QED) is 0.751. The molecule has 0 saturated heterocycles. The molecule has 1 unspecified atom stereocenters. The van der Waals surface area contributed by atoms with Gasteiger partial charge in [0.2, 0.25) is 5.91 Å². The SMILES string of the molecule is COCCNCCNC(=O)C1CCSc2ccccc21.Cl. The minimum atomic E-state index is 0. The molecule has 1 aromatic rings. The molecule has 2 rings (SSSR count). The lowest BCUT2D eigenvalue weighted by Crippen LogP contribution is -2.36. The van der Waals surface area contributed by atoms with Gasteiger partial charge in [-0.05, 0) is 23.8 Å². The van der Waals surface area contributed by atoms with Gasteiger partial charge in [0.25, 0.3) is 0 Å². The molecule has 1 aliphatic heterocycles. The first kappa shape index (κ1) is 18.3. The van der Waals surface area contributed by atoms with Crippen molar-refractivity contribution in [1.82, 2.24) is 10.6 Å². The number of ether oxygens (including phenoxy) is 1. The second-order valence-electron chi connectivity index (χ2n) is 4.76. The van der Waals surface area contributed by atoms with Crippen molar-refractivity contribution in [2.75, 3.05) is 39.1 Å². The number of fused-ring (bicyclic) bond motifs is 1. The fourth-order valence-corrected chi connectivity index (χ4v) is 3.44. The number of methoxy groups -OCH3 is 1. The van der Waals surface area contributed by atoms with Crippen molar-refractivity contribution >= 4 is 30.1 Å². The number of rotatable bonds is 7. The molecule has 21 heavy (non-hydrogen) atoms. The summed E-state index contributed by atoms with van der Waals surface area (Å²) < 4.78 is 4.95. The van der Waals surface area contributed by atoms with Crippen LogP contribution in [0.2, 0.25) is 0 Å². The van der Waals surface area contributed by atoms with Gasteiger partial charge in [0.15, 0.2) is 0 Å². The molecule has 118 valence electrons. The predicted octanol–water partition coefficient (Wildman–Crippen LogP) is 2.04. The molecule has 1 heterocycles. The van der Waals surface area contributed by atoms with Crippen LogP contribution in [0.25, 0.3) is 0 Å². The van der Waals surface area contributed by atoms with Crippen molar-refractivity contribution in [2.45, 2.75) is 17.2 Å². The van der Waals surface area contributed by atoms with E-state index in [0.29, 0.717) is 13.2 Å². The number of amides is 1. The number of carbonyl (C=O) groups excluding carboxylic acids is 1. The van der Waals surface area contributed by atoms with Crippen molar-refractivity contribution in [3.8, 4) is 0 Å². The van der Waals surface area contributed by atoms with E-state index in [1.807, 2.05) is 23.9 Å². The number of carbonyl (C=O) groups is 1. The lowest BCUT2D eigenvalue weighted by atomic mass is 9.95. The summed E-state index contributed by atoms with van der Waals surface area (Å²) >= 11 is 1.84. The smallest absolute Gasteiger partial charge is 0.227 e. The first-order valence-electron chi connectivity index (χ1n) is 7.02. The first-order chi connectivity index (χ1) is 9.83. The highest BCUT2D eigenvalue weighted by Crippen LogP contribution is 2.37. The molecule has 1 atom stereocenters. The number of benzene rings is 1. The van der Waals surface area contributed by atoms with Crippen LogP contribution in [0.4, 0.5) is 0 Å². The molecule has 0 saturated carbocycles. The largest absolute Gasteiger partial charge is 0.383 e. The number of thioether (sulfide) groups is 1. The maximum atomic E-state index is 12.3. The number of halogens is 1. The van der Waals surface area contributed by atoms with Crippen molar-refractivity contribution in [3.63, 3.8) is 0 Å². The van der Waals surface area contributed by atoms with E-state index in [-0.39, 0.29) is 24.2 Å². The van der Waals surface area contributed by atoms with Gasteiger partial charge in [0.05, 0.1) is 12.5 Å². The third kappa shape index (κ3) is 5.51. The summed E-state index contributed by atoms with van der Waals surface area (Å²) in [5.41, 5.74) is 1.17. The second kappa shape index (κ2) is 10.1. The number of hydrogen-bond donors (Lipinski definition) is 2. The highest BCUT2D eigenvalue weighted by molar-refractivity contribution is 7.99. The van der Waals surface area contributed by atoms with Crippen molar-refractivity contribution in [3.05, 3.63) is 29.8 Å². The Hall–Kier alpha value is -0.750. The van der Waals surface area contributed by atoms with Crippen LogP contribution in [-0.2, 0) is 9.53 Å². The highest BCUT2D eigenvalue weighted by atomic mass is 35.5. The Morgan fingerprint density at radius 3 is 2.95 bits per heavy atom. The molecule has 4 nitrogen and oxygen atoms in total. The third-order valence-corrected chi connectivity index (χ3v) is 4.48. The van der Waals surface area contributed by atoms with E-state index in [1.165, 1.54) is 10.5 Å². The maximum Gasteiger partial charge on any atom is 0.227 e. The molecule has 0 aromatic heterocycles. The van der Waals surface area contributed by atoms with Gasteiger partial charge in [-0.3, -0.25) is 4.79 Å². The Kier molecular flexibility index (Phi) is 8.76. The Morgan fingerprint density at radius 1 is 1.33 bits per heavy atom. The molecular weight excluding hydrogens is 308 g/mol. The van der Waals surface area contributed by atoms with Crippen LogP contribution in [0.5, 0.6) is 0 Å². The molecule has 0 spiro atoms. The molecule has 6 heteroatoms. The summed E-state index contributed by atoms with van der Waals surface area (Å²) in [5, 5.41) is 6.24. The maximum absolute atomic E-state index is 12.3. The van der Waals surface area contributed by atoms with E-state index in [1.54, 1.807) is 7.11 Å². The summed E-state index contributed by atoms with van der Waals surface area (Å²) in [7, 11) is 1.68. The standard InChI is InChI=1S/C15H22N2O2S.ClH/c1-19-10-9-16-7-8-17-15(18)13-6-11-20-14-5-3-2-4-12(13)14;/h2-5,13,16H,6-11H2,1H3,(H,17,18);1H. The normalized spacial score (nSPS) is 16.7. The van der Waals surface area contributed by atoms with Gasteiger partial charge in [-0.2, -0.15) is 0 Å². The van der Waals surface area contributed by atoms with Gasteiger partial charge in [0, 0.05) is 31.6 Å². The van der Waals surface area contributed by atoms with Crippen LogP contribution >= 0.6 is 24.2 Å². The van der Waals surface area contributed by atoms with Crippen LogP contribution in [0.3, 0.4) is 0 Å². The Labute approximate surface area is 136 Å². The predicted molar refractivity (Wildman–Crippen MR) is 89.5 cm³/mol. The average Bonchev–Trinajstić information content (AvgIpc) is 2.50. The summed E-state index contributed by atoms with van der Waals surface area (Å²) in [5.74, 6) is 1.17. The molecular formula is C15H23ClN2O2S. The molecule has 2 N–H and O–H groups in total. The Bertz CT molecular complexity index is 445. The van der Waals surface area contributed by atoms with Gasteiger partial charge in [0.1, 0.15) is 0 Å². The highest BCUT2D eigenvalue weighted by Gasteiger charge is 2.26. The van der Waals surface area contributed by atoms with Crippen LogP contribution in [-0.4, -0.2) is 45.0 Å². The van der Waals surface area contributed by atoms with Crippen LogP contribution < -0.4 is 10.6 Å². The fourth-order valence-electron chi connectivity index (χ4n) is 2.31. The van der Waals surface area contributed by atoms with Gasteiger partial charge < -0.3 is 15.4 Å². The number of nitrogens with one attached hydrogen (secondary N) is 2. The van der Waals surface area contributed by atoms with E-state index in [4.69, 9.17) is 4.74 Å². The molecule has 0 bridgehead atoms. The molecule has 1 amide bonds. The summed E-state index contributed by atoms with van der Waals surface area (Å²) in [4.78, 5) is 13.5. The zero-order valence-electron chi connectivity index (χ0n) is 12.3. The number of hydrogen-bond acceptors (Lipinski definition) is 4. The van der Waals surface area contributed by atoms with E-state index in [2.05, 4.69) is 22.8 Å². The van der Waals surface area contributed by atoms with Crippen molar-refractivity contribution < 1.29 is 9.53 Å². The van der Waals surface area contributed by atoms with E-state index >= 15 is 0 Å². The fraction of sp³-hybridized carbons (Fsp3) is 0.533. The van der Waals surface area contributed by atoms with Gasteiger partial charge in [-0.1, -0.05) is 18.2 Å². The van der Waals surface area contributed by atoms with Gasteiger partial charge in [-0.25, -0.2) is 0 Å². The van der Waals surface area contributed by atoms with E-state index in [9.17, 15) is 4.79 Å². The van der Waals surface area contributed by atoms with Crippen LogP contribution in [0, 0.1) is 0 Å². The summed E-state index contributed by atoms with van der Waals surface area (Å²) in [6.45, 7) is 2.95. The molecule has 0 aliphatic carbocycles. The second-order valence-corrected chi connectivity index (χ2v) is 5.90. The Morgan fingerprint density at radius 2 is 2.14 bits per heavy atom.